The molecule has 1 unspecified atom stereocenters. The Morgan fingerprint density at radius 2 is 1.78 bits per heavy atom. The van der Waals surface area contributed by atoms with E-state index < -0.39 is 0 Å². The second kappa shape index (κ2) is 7.54. The lowest BCUT2D eigenvalue weighted by atomic mass is 10.1. The summed E-state index contributed by atoms with van der Waals surface area (Å²) in [6.07, 6.45) is 3.75. The fraction of sp³-hybridized carbons (Fsp3) is 0.278. The highest BCUT2D eigenvalue weighted by atomic mass is 16.2. The zero-order valence-corrected chi connectivity index (χ0v) is 13.6. The monoisotopic (exact) mass is 311 g/mol. The van der Waals surface area contributed by atoms with Gasteiger partial charge in [0.25, 0.3) is 11.8 Å². The third kappa shape index (κ3) is 4.39. The van der Waals surface area contributed by atoms with Crippen molar-refractivity contribution in [2.75, 3.05) is 5.32 Å². The van der Waals surface area contributed by atoms with Crippen molar-refractivity contribution in [3.05, 3.63) is 59.4 Å². The summed E-state index contributed by atoms with van der Waals surface area (Å²) in [7, 11) is 0. The van der Waals surface area contributed by atoms with Gasteiger partial charge >= 0.3 is 0 Å². The molecule has 2 rings (SSSR count). The van der Waals surface area contributed by atoms with Crippen molar-refractivity contribution in [2.45, 2.75) is 33.2 Å². The number of nitrogens with zero attached hydrogens (tertiary/aromatic N) is 1. The van der Waals surface area contributed by atoms with Crippen LogP contribution >= 0.6 is 0 Å². The van der Waals surface area contributed by atoms with Crippen molar-refractivity contribution in [1.82, 2.24) is 10.3 Å². The fourth-order valence-electron chi connectivity index (χ4n) is 2.01. The molecule has 0 saturated heterocycles. The molecule has 2 amide bonds. The molecule has 0 spiro atoms. The van der Waals surface area contributed by atoms with Crippen LogP contribution in [0.4, 0.5) is 5.69 Å². The van der Waals surface area contributed by atoms with Crippen molar-refractivity contribution in [2.24, 2.45) is 0 Å². The molecule has 2 N–H and O–H groups in total. The first kappa shape index (κ1) is 16.7. The molecular formula is C18H21N3O2. The van der Waals surface area contributed by atoms with Crippen LogP contribution in [0.15, 0.2) is 42.7 Å². The van der Waals surface area contributed by atoms with Crippen molar-refractivity contribution in [3.8, 4) is 0 Å². The number of rotatable bonds is 5. The second-order valence-corrected chi connectivity index (χ2v) is 5.51. The van der Waals surface area contributed by atoms with Gasteiger partial charge in [-0.15, -0.1) is 0 Å². The van der Waals surface area contributed by atoms with E-state index in [0.717, 1.165) is 17.7 Å². The molecule has 0 aliphatic carbocycles. The summed E-state index contributed by atoms with van der Waals surface area (Å²) in [6.45, 7) is 5.85. The van der Waals surface area contributed by atoms with Gasteiger partial charge < -0.3 is 10.6 Å². The quantitative estimate of drug-likeness (QED) is 0.891. The van der Waals surface area contributed by atoms with Crippen LogP contribution in [0, 0.1) is 6.92 Å². The number of hydrogen-bond acceptors (Lipinski definition) is 3. The molecule has 1 heterocycles. The highest BCUT2D eigenvalue weighted by Gasteiger charge is 2.13. The van der Waals surface area contributed by atoms with Crippen LogP contribution in [-0.4, -0.2) is 22.8 Å². The summed E-state index contributed by atoms with van der Waals surface area (Å²) in [6, 6.07) is 9.15. The van der Waals surface area contributed by atoms with Crippen LogP contribution in [0.1, 0.15) is 46.5 Å². The largest absolute Gasteiger partial charge is 0.350 e. The summed E-state index contributed by atoms with van der Waals surface area (Å²) >= 11 is 0. The number of carbonyl (C=O) groups is 2. The van der Waals surface area contributed by atoms with Crippen LogP contribution in [0.5, 0.6) is 0 Å². The Kier molecular flexibility index (Phi) is 5.46. The maximum atomic E-state index is 12.3. The van der Waals surface area contributed by atoms with E-state index in [0.29, 0.717) is 11.1 Å². The molecule has 1 atom stereocenters. The maximum absolute atomic E-state index is 12.3. The standard InChI is InChI=1S/C18H21N3O2/c1-4-13(3)20-17(22)14-9-15(11-19-10-14)18(23)21-16-8-6-5-7-12(16)2/h5-11,13H,4H2,1-3H3,(H,20,22)(H,21,23). The Balaban J connectivity index is 2.14. The molecule has 0 saturated carbocycles. The topological polar surface area (TPSA) is 71.1 Å². The third-order valence-corrected chi connectivity index (χ3v) is 3.65. The molecule has 0 bridgehead atoms. The molecular weight excluding hydrogens is 290 g/mol. The number of aromatic nitrogens is 1. The number of benzene rings is 1. The number of hydrogen-bond donors (Lipinski definition) is 2. The Hall–Kier alpha value is -2.69. The number of para-hydroxylation sites is 1. The molecule has 120 valence electrons. The van der Waals surface area contributed by atoms with Gasteiger partial charge in [0, 0.05) is 24.1 Å². The van der Waals surface area contributed by atoms with Crippen LogP contribution in [0.3, 0.4) is 0 Å². The van der Waals surface area contributed by atoms with Gasteiger partial charge in [0.15, 0.2) is 0 Å². The number of anilines is 1. The van der Waals surface area contributed by atoms with Gasteiger partial charge in [-0.1, -0.05) is 25.1 Å². The van der Waals surface area contributed by atoms with Crippen LogP contribution in [-0.2, 0) is 0 Å². The summed E-state index contributed by atoms with van der Waals surface area (Å²) in [5.74, 6) is -0.512. The van der Waals surface area contributed by atoms with Gasteiger partial charge in [0.05, 0.1) is 11.1 Å². The van der Waals surface area contributed by atoms with Gasteiger partial charge in [-0.05, 0) is 38.0 Å². The summed E-state index contributed by atoms with van der Waals surface area (Å²) in [4.78, 5) is 28.5. The number of pyridine rings is 1. The number of amides is 2. The molecule has 0 fully saturated rings. The lowest BCUT2D eigenvalue weighted by molar-refractivity contribution is 0.0939. The first-order valence-electron chi connectivity index (χ1n) is 7.64. The van der Waals surface area contributed by atoms with Crippen molar-refractivity contribution in [3.63, 3.8) is 0 Å². The van der Waals surface area contributed by atoms with E-state index in [-0.39, 0.29) is 17.9 Å². The van der Waals surface area contributed by atoms with E-state index in [2.05, 4.69) is 15.6 Å². The molecule has 5 nitrogen and oxygen atoms in total. The molecule has 5 heteroatoms. The Morgan fingerprint density at radius 3 is 2.43 bits per heavy atom. The van der Waals surface area contributed by atoms with Crippen LogP contribution in [0.25, 0.3) is 0 Å². The van der Waals surface area contributed by atoms with Crippen LogP contribution < -0.4 is 10.6 Å². The normalized spacial score (nSPS) is 11.6. The SMILES string of the molecule is CCC(C)NC(=O)c1cncc(C(=O)Nc2ccccc2C)c1. The van der Waals surface area contributed by atoms with Crippen molar-refractivity contribution in [1.29, 1.82) is 0 Å². The Morgan fingerprint density at radius 1 is 1.13 bits per heavy atom. The Bertz CT molecular complexity index is 713. The van der Waals surface area contributed by atoms with Crippen LogP contribution in [0.2, 0.25) is 0 Å². The summed E-state index contributed by atoms with van der Waals surface area (Å²) in [5, 5.41) is 5.69. The third-order valence-electron chi connectivity index (χ3n) is 3.65. The van der Waals surface area contributed by atoms with E-state index in [4.69, 9.17) is 0 Å². The number of aryl methyl sites for hydroxylation is 1. The molecule has 0 radical (unpaired) electrons. The van der Waals surface area contributed by atoms with Gasteiger partial charge in [-0.2, -0.15) is 0 Å². The number of carbonyl (C=O) groups excluding carboxylic acids is 2. The molecule has 23 heavy (non-hydrogen) atoms. The zero-order chi connectivity index (χ0) is 16.8. The zero-order valence-electron chi connectivity index (χ0n) is 13.6. The smallest absolute Gasteiger partial charge is 0.257 e. The van der Waals surface area contributed by atoms with Crippen molar-refractivity contribution < 1.29 is 9.59 Å². The van der Waals surface area contributed by atoms with Gasteiger partial charge in [0.2, 0.25) is 0 Å². The summed E-state index contributed by atoms with van der Waals surface area (Å²) in [5.41, 5.74) is 2.44. The van der Waals surface area contributed by atoms with Gasteiger partial charge in [0.1, 0.15) is 0 Å². The Labute approximate surface area is 136 Å². The van der Waals surface area contributed by atoms with Crippen molar-refractivity contribution >= 4 is 17.5 Å². The van der Waals surface area contributed by atoms with Gasteiger partial charge in [-0.25, -0.2) is 0 Å². The molecule has 0 aliphatic rings. The first-order valence-corrected chi connectivity index (χ1v) is 7.64. The lowest BCUT2D eigenvalue weighted by Crippen LogP contribution is -2.32. The highest BCUT2D eigenvalue weighted by molar-refractivity contribution is 6.06. The van der Waals surface area contributed by atoms with E-state index in [1.807, 2.05) is 45.0 Å². The highest BCUT2D eigenvalue weighted by Crippen LogP contribution is 2.15. The predicted molar refractivity (Wildman–Crippen MR) is 90.6 cm³/mol. The first-order chi connectivity index (χ1) is 11.0. The fourth-order valence-corrected chi connectivity index (χ4v) is 2.01. The maximum Gasteiger partial charge on any atom is 0.257 e. The minimum absolute atomic E-state index is 0.0759. The van der Waals surface area contributed by atoms with E-state index >= 15 is 0 Å². The van der Waals surface area contributed by atoms with E-state index in [9.17, 15) is 9.59 Å². The molecule has 1 aromatic heterocycles. The second-order valence-electron chi connectivity index (χ2n) is 5.51. The molecule has 1 aromatic carbocycles. The molecule has 2 aromatic rings. The van der Waals surface area contributed by atoms with E-state index in [1.54, 1.807) is 6.07 Å². The lowest BCUT2D eigenvalue weighted by Gasteiger charge is -2.12. The average molecular weight is 311 g/mol. The minimum Gasteiger partial charge on any atom is -0.350 e. The number of nitrogens with one attached hydrogen (secondary N) is 2. The summed E-state index contributed by atoms with van der Waals surface area (Å²) < 4.78 is 0. The average Bonchev–Trinajstić information content (AvgIpc) is 2.56. The van der Waals surface area contributed by atoms with E-state index in [1.165, 1.54) is 12.4 Å². The predicted octanol–water partition coefficient (Wildman–Crippen LogP) is 3.17. The molecule has 0 aliphatic heterocycles. The van der Waals surface area contributed by atoms with Gasteiger partial charge in [-0.3, -0.25) is 14.6 Å². The minimum atomic E-state index is -0.287.